The fraction of sp³-hybridized carbons (Fsp3) is 0.368. The molecule has 0 saturated carbocycles. The van der Waals surface area contributed by atoms with E-state index in [1.807, 2.05) is 0 Å². The van der Waals surface area contributed by atoms with Gasteiger partial charge in [0.25, 0.3) is 0 Å². The Bertz CT molecular complexity index is 812. The zero-order chi connectivity index (χ0) is 20.2. The van der Waals surface area contributed by atoms with Crippen molar-refractivity contribution in [1.82, 2.24) is 15.1 Å². The lowest BCUT2D eigenvalue weighted by Crippen LogP contribution is -2.34. The third kappa shape index (κ3) is 5.29. The summed E-state index contributed by atoms with van der Waals surface area (Å²) >= 11 is 0. The standard InChI is InChI=1S/C19H24F2N4O2/c1-5-7-15(24-18(26)27-19(2,3)4)12-8-6-9-13(10-12)16-14(22)11-23-25(16)17(20)21/h5-6,8-11,15,17H,1,7,22H2,2-4H3,(H,24,26). The summed E-state index contributed by atoms with van der Waals surface area (Å²) in [6, 6.07) is 6.42. The van der Waals surface area contributed by atoms with Gasteiger partial charge >= 0.3 is 12.6 Å². The van der Waals surface area contributed by atoms with E-state index >= 15 is 0 Å². The first kappa shape index (κ1) is 20.4. The number of carbonyl (C=O) groups is 1. The fourth-order valence-corrected chi connectivity index (χ4v) is 2.62. The topological polar surface area (TPSA) is 82.2 Å². The molecule has 2 rings (SSSR count). The van der Waals surface area contributed by atoms with E-state index in [4.69, 9.17) is 10.5 Å². The number of benzene rings is 1. The Morgan fingerprint density at radius 1 is 1.44 bits per heavy atom. The highest BCUT2D eigenvalue weighted by Gasteiger charge is 2.22. The quantitative estimate of drug-likeness (QED) is 0.716. The Labute approximate surface area is 157 Å². The zero-order valence-corrected chi connectivity index (χ0v) is 15.6. The molecule has 0 aliphatic carbocycles. The number of hydrogen-bond donors (Lipinski definition) is 2. The highest BCUT2D eigenvalue weighted by molar-refractivity contribution is 5.73. The second kappa shape index (κ2) is 8.20. The third-order valence-corrected chi connectivity index (χ3v) is 3.66. The van der Waals surface area contributed by atoms with Crippen LogP contribution in [0.4, 0.5) is 19.3 Å². The van der Waals surface area contributed by atoms with Crippen LogP contribution in [0.15, 0.2) is 43.1 Å². The Morgan fingerprint density at radius 2 is 2.15 bits per heavy atom. The number of ether oxygens (including phenoxy) is 1. The summed E-state index contributed by atoms with van der Waals surface area (Å²) in [5.74, 6) is 0. The molecule has 1 atom stereocenters. The predicted molar refractivity (Wildman–Crippen MR) is 100 cm³/mol. The molecule has 1 aromatic heterocycles. The van der Waals surface area contributed by atoms with Crippen LogP contribution in [0.25, 0.3) is 11.3 Å². The number of anilines is 1. The van der Waals surface area contributed by atoms with Gasteiger partial charge in [-0.1, -0.05) is 24.3 Å². The van der Waals surface area contributed by atoms with Crippen LogP contribution >= 0.6 is 0 Å². The van der Waals surface area contributed by atoms with Crippen LogP contribution in [0, 0.1) is 0 Å². The smallest absolute Gasteiger partial charge is 0.408 e. The molecule has 0 radical (unpaired) electrons. The predicted octanol–water partition coefficient (Wildman–Crippen LogP) is 4.67. The molecule has 8 heteroatoms. The fourth-order valence-electron chi connectivity index (χ4n) is 2.62. The van der Waals surface area contributed by atoms with Gasteiger partial charge in [-0.2, -0.15) is 13.9 Å². The molecule has 0 saturated heterocycles. The Hall–Kier alpha value is -2.90. The van der Waals surface area contributed by atoms with Crippen LogP contribution in [0.1, 0.15) is 45.3 Å². The Balaban J connectivity index is 2.34. The van der Waals surface area contributed by atoms with Crippen LogP contribution in [-0.2, 0) is 4.74 Å². The van der Waals surface area contributed by atoms with Crippen LogP contribution in [0.5, 0.6) is 0 Å². The molecule has 0 spiro atoms. The van der Waals surface area contributed by atoms with Gasteiger partial charge in [0.05, 0.1) is 23.6 Å². The molecule has 6 nitrogen and oxygen atoms in total. The summed E-state index contributed by atoms with van der Waals surface area (Å²) in [5.41, 5.74) is 6.64. The minimum atomic E-state index is -2.81. The van der Waals surface area contributed by atoms with Crippen LogP contribution in [0.3, 0.4) is 0 Å². The van der Waals surface area contributed by atoms with Crippen LogP contribution < -0.4 is 11.1 Å². The average molecular weight is 378 g/mol. The summed E-state index contributed by atoms with van der Waals surface area (Å²) in [4.78, 5) is 12.1. The van der Waals surface area contributed by atoms with Gasteiger partial charge in [0.15, 0.2) is 0 Å². The molecule has 3 N–H and O–H groups in total. The van der Waals surface area contributed by atoms with Gasteiger partial charge in [0.1, 0.15) is 5.60 Å². The van der Waals surface area contributed by atoms with Crippen molar-refractivity contribution in [2.45, 2.75) is 45.4 Å². The van der Waals surface area contributed by atoms with Crippen molar-refractivity contribution in [3.63, 3.8) is 0 Å². The number of nitrogens with one attached hydrogen (secondary N) is 1. The van der Waals surface area contributed by atoms with E-state index in [-0.39, 0.29) is 11.4 Å². The van der Waals surface area contributed by atoms with Crippen molar-refractivity contribution in [2.24, 2.45) is 0 Å². The number of aromatic nitrogens is 2. The summed E-state index contributed by atoms with van der Waals surface area (Å²) in [7, 11) is 0. The number of hydrogen-bond acceptors (Lipinski definition) is 4. The molecule has 1 unspecified atom stereocenters. The van der Waals surface area contributed by atoms with Crippen molar-refractivity contribution in [3.8, 4) is 11.3 Å². The third-order valence-electron chi connectivity index (χ3n) is 3.66. The maximum Gasteiger partial charge on any atom is 0.408 e. The van der Waals surface area contributed by atoms with E-state index in [2.05, 4.69) is 17.0 Å². The number of amides is 1. The first-order chi connectivity index (χ1) is 12.6. The minimum absolute atomic E-state index is 0.126. The van der Waals surface area contributed by atoms with Crippen molar-refractivity contribution in [3.05, 3.63) is 48.7 Å². The maximum atomic E-state index is 13.2. The van der Waals surface area contributed by atoms with Crippen molar-refractivity contribution < 1.29 is 18.3 Å². The first-order valence-corrected chi connectivity index (χ1v) is 8.44. The van der Waals surface area contributed by atoms with Gasteiger partial charge in [0, 0.05) is 5.56 Å². The number of alkyl halides is 2. The molecule has 0 aliphatic heterocycles. The number of halogens is 2. The summed E-state index contributed by atoms with van der Waals surface area (Å²) in [6.45, 7) is 6.19. The SMILES string of the molecule is C=CCC(NC(=O)OC(C)(C)C)c1cccc(-c2c(N)cnn2C(F)F)c1. The van der Waals surface area contributed by atoms with E-state index < -0.39 is 24.3 Å². The zero-order valence-electron chi connectivity index (χ0n) is 15.6. The molecule has 0 fully saturated rings. The monoisotopic (exact) mass is 378 g/mol. The summed E-state index contributed by atoms with van der Waals surface area (Å²) in [6.07, 6.45) is 2.71. The first-order valence-electron chi connectivity index (χ1n) is 8.44. The summed E-state index contributed by atoms with van der Waals surface area (Å²) < 4.78 is 32.2. The maximum absolute atomic E-state index is 13.2. The minimum Gasteiger partial charge on any atom is -0.444 e. The van der Waals surface area contributed by atoms with Gasteiger partial charge in [-0.05, 0) is 38.8 Å². The van der Waals surface area contributed by atoms with Crippen LogP contribution in [-0.4, -0.2) is 21.5 Å². The van der Waals surface area contributed by atoms with Crippen molar-refractivity contribution >= 4 is 11.8 Å². The number of rotatable bonds is 6. The van der Waals surface area contributed by atoms with Crippen molar-refractivity contribution in [2.75, 3.05) is 5.73 Å². The largest absolute Gasteiger partial charge is 0.444 e. The lowest BCUT2D eigenvalue weighted by Gasteiger charge is -2.23. The van der Waals surface area contributed by atoms with E-state index in [0.29, 0.717) is 22.2 Å². The molecule has 27 heavy (non-hydrogen) atoms. The molecule has 2 aromatic rings. The van der Waals surface area contributed by atoms with Gasteiger partial charge in [-0.15, -0.1) is 6.58 Å². The van der Waals surface area contributed by atoms with Gasteiger partial charge in [0.2, 0.25) is 0 Å². The van der Waals surface area contributed by atoms with Crippen LogP contribution in [0.2, 0.25) is 0 Å². The number of nitrogen functional groups attached to an aromatic ring is 1. The number of nitrogens with zero attached hydrogens (tertiary/aromatic N) is 2. The van der Waals surface area contributed by atoms with Crippen molar-refractivity contribution in [1.29, 1.82) is 0 Å². The Kier molecular flexibility index (Phi) is 6.20. The normalized spacial score (nSPS) is 12.7. The lowest BCUT2D eigenvalue weighted by atomic mass is 9.99. The van der Waals surface area contributed by atoms with E-state index in [0.717, 1.165) is 0 Å². The van der Waals surface area contributed by atoms with Gasteiger partial charge < -0.3 is 15.8 Å². The molecule has 0 bridgehead atoms. The molecule has 1 heterocycles. The second-order valence-electron chi connectivity index (χ2n) is 7.02. The van der Waals surface area contributed by atoms with E-state index in [1.165, 1.54) is 6.20 Å². The lowest BCUT2D eigenvalue weighted by molar-refractivity contribution is 0.0503. The number of carbonyl (C=O) groups excluding carboxylic acids is 1. The second-order valence-corrected chi connectivity index (χ2v) is 7.02. The highest BCUT2D eigenvalue weighted by atomic mass is 19.3. The highest BCUT2D eigenvalue weighted by Crippen LogP contribution is 2.31. The number of nitrogens with two attached hydrogens (primary N) is 1. The Morgan fingerprint density at radius 3 is 2.74 bits per heavy atom. The molecule has 1 amide bonds. The molecule has 0 aliphatic rings. The van der Waals surface area contributed by atoms with Gasteiger partial charge in [-0.25, -0.2) is 9.48 Å². The molecular formula is C19H24F2N4O2. The van der Waals surface area contributed by atoms with Gasteiger partial charge in [-0.3, -0.25) is 0 Å². The van der Waals surface area contributed by atoms with E-state index in [1.54, 1.807) is 51.1 Å². The molecular weight excluding hydrogens is 354 g/mol. The molecule has 1 aromatic carbocycles. The van der Waals surface area contributed by atoms with E-state index in [9.17, 15) is 13.6 Å². The summed E-state index contributed by atoms with van der Waals surface area (Å²) in [5, 5.41) is 6.41. The number of alkyl carbamates (subject to hydrolysis) is 1. The molecule has 146 valence electrons. The average Bonchev–Trinajstić information content (AvgIpc) is 2.95.